The smallest absolute Gasteiger partial charge is 0.248 e. The van der Waals surface area contributed by atoms with Gasteiger partial charge in [0.15, 0.2) is 5.78 Å². The van der Waals surface area contributed by atoms with Gasteiger partial charge in [-0.3, -0.25) is 13.9 Å². The number of hydrogen-bond donors (Lipinski definition) is 1. The predicted molar refractivity (Wildman–Crippen MR) is 118 cm³/mol. The zero-order chi connectivity index (χ0) is 22.6. The summed E-state index contributed by atoms with van der Waals surface area (Å²) in [7, 11) is -3.90. The highest BCUT2D eigenvalue weighted by molar-refractivity contribution is 7.92. The number of halogens is 1. The van der Waals surface area contributed by atoms with Crippen LogP contribution in [-0.2, 0) is 14.8 Å². The summed E-state index contributed by atoms with van der Waals surface area (Å²) in [6, 6.07) is 18.9. The van der Waals surface area contributed by atoms with Crippen LogP contribution in [0.5, 0.6) is 0 Å². The second-order valence-corrected chi connectivity index (χ2v) is 8.80. The molecule has 1 N–H and O–H groups in total. The zero-order valence-corrected chi connectivity index (χ0v) is 17.8. The first-order chi connectivity index (χ1) is 14.7. The largest absolute Gasteiger partial charge is 0.324 e. The Labute approximate surface area is 180 Å². The fourth-order valence-corrected chi connectivity index (χ4v) is 4.36. The van der Waals surface area contributed by atoms with Crippen LogP contribution in [0.2, 0.25) is 0 Å². The number of sulfonamides is 1. The molecule has 0 aliphatic rings. The van der Waals surface area contributed by atoms with Crippen molar-refractivity contribution in [3.05, 3.63) is 95.8 Å². The monoisotopic (exact) mass is 440 g/mol. The van der Waals surface area contributed by atoms with Crippen LogP contribution in [0.3, 0.4) is 0 Å². The summed E-state index contributed by atoms with van der Waals surface area (Å²) in [5.74, 6) is -1.57. The molecule has 1 amide bonds. The lowest BCUT2D eigenvalue weighted by atomic mass is 10.0. The van der Waals surface area contributed by atoms with E-state index in [4.69, 9.17) is 0 Å². The van der Waals surface area contributed by atoms with Gasteiger partial charge in [-0.2, -0.15) is 0 Å². The van der Waals surface area contributed by atoms with Gasteiger partial charge >= 0.3 is 0 Å². The number of carbonyl (C=O) groups excluding carboxylic acids is 2. The number of rotatable bonds is 7. The van der Waals surface area contributed by atoms with Crippen LogP contribution in [0.25, 0.3) is 0 Å². The van der Waals surface area contributed by atoms with Gasteiger partial charge in [-0.15, -0.1) is 0 Å². The molecule has 0 saturated carbocycles. The number of nitrogens with one attached hydrogen (secondary N) is 1. The summed E-state index contributed by atoms with van der Waals surface area (Å²) in [6.07, 6.45) is 0.939. The highest BCUT2D eigenvalue weighted by atomic mass is 32.2. The van der Waals surface area contributed by atoms with Gasteiger partial charge < -0.3 is 5.32 Å². The van der Waals surface area contributed by atoms with Crippen molar-refractivity contribution in [3.8, 4) is 0 Å². The van der Waals surface area contributed by atoms with Crippen molar-refractivity contribution < 1.29 is 22.4 Å². The standard InChI is InChI=1S/C23H21FN2O4S/c1-16(26(31(2,29)30)19-12-8-11-18(24)15-19)23(28)25-21-14-7-6-13-20(21)22(27)17-9-4-3-5-10-17/h3-16H,1-2H3,(H,25,28)/t16-/m0/s1. The first kappa shape index (κ1) is 22.2. The van der Waals surface area contributed by atoms with Crippen LogP contribution in [0.15, 0.2) is 78.9 Å². The molecule has 1 atom stereocenters. The molecular formula is C23H21FN2O4S. The van der Waals surface area contributed by atoms with E-state index < -0.39 is 27.8 Å². The summed E-state index contributed by atoms with van der Waals surface area (Å²) < 4.78 is 39.3. The third-order valence-corrected chi connectivity index (χ3v) is 5.86. The number of nitrogens with zero attached hydrogens (tertiary/aromatic N) is 1. The van der Waals surface area contributed by atoms with Crippen LogP contribution in [0.4, 0.5) is 15.8 Å². The first-order valence-electron chi connectivity index (χ1n) is 9.43. The Morgan fingerprint density at radius 2 is 1.58 bits per heavy atom. The first-order valence-corrected chi connectivity index (χ1v) is 11.3. The van der Waals surface area contributed by atoms with E-state index >= 15 is 0 Å². The number of amides is 1. The van der Waals surface area contributed by atoms with Crippen molar-refractivity contribution in [2.75, 3.05) is 15.9 Å². The minimum absolute atomic E-state index is 0.0267. The number of ketones is 1. The molecule has 6 nitrogen and oxygen atoms in total. The van der Waals surface area contributed by atoms with E-state index in [1.54, 1.807) is 54.6 Å². The molecule has 0 spiro atoms. The van der Waals surface area contributed by atoms with E-state index in [0.29, 0.717) is 5.56 Å². The molecular weight excluding hydrogens is 419 g/mol. The van der Waals surface area contributed by atoms with E-state index in [9.17, 15) is 22.4 Å². The second-order valence-electron chi connectivity index (χ2n) is 6.94. The Hall–Kier alpha value is -3.52. The SMILES string of the molecule is C[C@@H](C(=O)Nc1ccccc1C(=O)c1ccccc1)N(c1cccc(F)c1)S(C)(=O)=O. The average molecular weight is 440 g/mol. The van der Waals surface area contributed by atoms with Crippen LogP contribution < -0.4 is 9.62 Å². The van der Waals surface area contributed by atoms with E-state index in [1.165, 1.54) is 25.1 Å². The van der Waals surface area contributed by atoms with Gasteiger partial charge in [-0.25, -0.2) is 12.8 Å². The Balaban J connectivity index is 1.91. The molecule has 31 heavy (non-hydrogen) atoms. The van der Waals surface area contributed by atoms with E-state index in [2.05, 4.69) is 5.32 Å². The number of carbonyl (C=O) groups is 2. The molecule has 0 bridgehead atoms. The molecule has 0 aromatic heterocycles. The van der Waals surface area contributed by atoms with Gasteiger partial charge in [0.2, 0.25) is 15.9 Å². The Morgan fingerprint density at radius 1 is 0.935 bits per heavy atom. The highest BCUT2D eigenvalue weighted by Gasteiger charge is 2.30. The molecule has 8 heteroatoms. The molecule has 0 aliphatic carbocycles. The Morgan fingerprint density at radius 3 is 2.23 bits per heavy atom. The fourth-order valence-electron chi connectivity index (χ4n) is 3.19. The normalized spacial score (nSPS) is 12.1. The van der Waals surface area contributed by atoms with Gasteiger partial charge in [0.1, 0.15) is 11.9 Å². The maximum atomic E-state index is 13.7. The number of hydrogen-bond acceptors (Lipinski definition) is 4. The molecule has 3 aromatic carbocycles. The second kappa shape index (κ2) is 9.09. The summed E-state index contributed by atoms with van der Waals surface area (Å²) in [5, 5.41) is 2.64. The molecule has 0 radical (unpaired) electrons. The van der Waals surface area contributed by atoms with Crippen LogP contribution in [0.1, 0.15) is 22.8 Å². The predicted octanol–water partition coefficient (Wildman–Crippen LogP) is 3.85. The molecule has 0 fully saturated rings. The van der Waals surface area contributed by atoms with Gasteiger partial charge in [0.25, 0.3) is 0 Å². The molecule has 0 saturated heterocycles. The Bertz CT molecular complexity index is 1210. The number of para-hydroxylation sites is 1. The number of anilines is 2. The maximum absolute atomic E-state index is 13.7. The van der Waals surface area contributed by atoms with E-state index in [-0.39, 0.29) is 22.7 Å². The summed E-state index contributed by atoms with van der Waals surface area (Å²) >= 11 is 0. The molecule has 0 unspecified atom stereocenters. The third-order valence-electron chi connectivity index (χ3n) is 4.62. The Kier molecular flexibility index (Phi) is 6.50. The van der Waals surface area contributed by atoms with Crippen molar-refractivity contribution in [2.24, 2.45) is 0 Å². The van der Waals surface area contributed by atoms with Crippen LogP contribution in [0, 0.1) is 5.82 Å². The average Bonchev–Trinajstić information content (AvgIpc) is 2.73. The van der Waals surface area contributed by atoms with Crippen molar-refractivity contribution >= 4 is 33.1 Å². The third kappa shape index (κ3) is 5.16. The van der Waals surface area contributed by atoms with E-state index in [1.807, 2.05) is 0 Å². The molecule has 3 aromatic rings. The van der Waals surface area contributed by atoms with Crippen molar-refractivity contribution in [3.63, 3.8) is 0 Å². The van der Waals surface area contributed by atoms with Crippen LogP contribution in [-0.4, -0.2) is 32.4 Å². The van der Waals surface area contributed by atoms with Gasteiger partial charge in [0.05, 0.1) is 17.6 Å². The fraction of sp³-hybridized carbons (Fsp3) is 0.130. The molecule has 0 heterocycles. The van der Waals surface area contributed by atoms with Gasteiger partial charge in [-0.1, -0.05) is 48.5 Å². The maximum Gasteiger partial charge on any atom is 0.248 e. The van der Waals surface area contributed by atoms with Crippen molar-refractivity contribution in [1.82, 2.24) is 0 Å². The molecule has 160 valence electrons. The zero-order valence-electron chi connectivity index (χ0n) is 16.9. The lowest BCUT2D eigenvalue weighted by Gasteiger charge is -2.28. The lowest BCUT2D eigenvalue weighted by Crippen LogP contribution is -2.45. The minimum atomic E-state index is -3.90. The molecule has 3 rings (SSSR count). The van der Waals surface area contributed by atoms with Gasteiger partial charge in [-0.05, 0) is 37.3 Å². The highest BCUT2D eigenvalue weighted by Crippen LogP contribution is 2.24. The lowest BCUT2D eigenvalue weighted by molar-refractivity contribution is -0.116. The van der Waals surface area contributed by atoms with Crippen molar-refractivity contribution in [2.45, 2.75) is 13.0 Å². The van der Waals surface area contributed by atoms with Crippen LogP contribution >= 0.6 is 0 Å². The van der Waals surface area contributed by atoms with E-state index in [0.717, 1.165) is 16.6 Å². The summed E-state index contributed by atoms with van der Waals surface area (Å²) in [4.78, 5) is 25.8. The number of benzene rings is 3. The topological polar surface area (TPSA) is 83.6 Å². The van der Waals surface area contributed by atoms with Gasteiger partial charge in [0, 0.05) is 11.1 Å². The molecule has 0 aliphatic heterocycles. The van der Waals surface area contributed by atoms with Crippen molar-refractivity contribution in [1.29, 1.82) is 0 Å². The quantitative estimate of drug-likeness (QED) is 0.566. The summed E-state index contributed by atoms with van der Waals surface area (Å²) in [5.41, 5.74) is 1.00. The minimum Gasteiger partial charge on any atom is -0.324 e. The summed E-state index contributed by atoms with van der Waals surface area (Å²) in [6.45, 7) is 1.39.